The third-order valence-electron chi connectivity index (χ3n) is 6.24. The molecular formula is C27H32ClFN6O3. The first-order valence-electron chi connectivity index (χ1n) is 12.6. The zero-order chi connectivity index (χ0) is 26.9. The number of hydrogen-bond donors (Lipinski definition) is 2. The van der Waals surface area contributed by atoms with Gasteiger partial charge in [0.2, 0.25) is 5.95 Å². The molecule has 2 heterocycles. The van der Waals surface area contributed by atoms with Gasteiger partial charge in [-0.3, -0.25) is 9.80 Å². The van der Waals surface area contributed by atoms with E-state index >= 15 is 0 Å². The minimum atomic E-state index is -1.18. The Hall–Kier alpha value is -3.47. The Labute approximate surface area is 226 Å². The van der Waals surface area contributed by atoms with E-state index < -0.39 is 11.9 Å². The molecule has 0 bridgehead atoms. The summed E-state index contributed by atoms with van der Waals surface area (Å²) in [5, 5.41) is 13.2. The Kier molecular flexibility index (Phi) is 9.69. The Morgan fingerprint density at radius 3 is 2.58 bits per heavy atom. The summed E-state index contributed by atoms with van der Waals surface area (Å²) in [6.45, 7) is 8.62. The molecule has 1 saturated heterocycles. The van der Waals surface area contributed by atoms with E-state index in [9.17, 15) is 14.3 Å². The van der Waals surface area contributed by atoms with Crippen molar-refractivity contribution in [1.82, 2.24) is 19.8 Å². The highest BCUT2D eigenvalue weighted by molar-refractivity contribution is 6.30. The van der Waals surface area contributed by atoms with Crippen LogP contribution in [0.4, 0.5) is 26.6 Å². The summed E-state index contributed by atoms with van der Waals surface area (Å²) in [5.74, 6) is -0.0264. The summed E-state index contributed by atoms with van der Waals surface area (Å²) < 4.78 is 20.4. The van der Waals surface area contributed by atoms with Gasteiger partial charge in [-0.05, 0) is 48.9 Å². The lowest BCUT2D eigenvalue weighted by atomic mass is 10.2. The smallest absolute Gasteiger partial charge is 0.413 e. The Balaban J connectivity index is 1.33. The fraction of sp³-hybridized carbons (Fsp3) is 0.370. The number of halogens is 2. The van der Waals surface area contributed by atoms with Gasteiger partial charge in [-0.15, -0.1) is 0 Å². The summed E-state index contributed by atoms with van der Waals surface area (Å²) in [6, 6.07) is 13.0. The second-order valence-electron chi connectivity index (χ2n) is 9.04. The average molecular weight is 543 g/mol. The Morgan fingerprint density at radius 2 is 1.89 bits per heavy atom. The highest BCUT2D eigenvalue weighted by Crippen LogP contribution is 2.24. The van der Waals surface area contributed by atoms with E-state index in [0.717, 1.165) is 50.6 Å². The molecule has 38 heavy (non-hydrogen) atoms. The van der Waals surface area contributed by atoms with Crippen molar-refractivity contribution in [3.8, 4) is 5.75 Å². The number of nitrogens with zero attached hydrogens (tertiary/aromatic N) is 5. The lowest BCUT2D eigenvalue weighted by molar-refractivity contribution is 0.116. The van der Waals surface area contributed by atoms with Gasteiger partial charge in [0.1, 0.15) is 12.4 Å². The average Bonchev–Trinajstić information content (AvgIpc) is 2.90. The summed E-state index contributed by atoms with van der Waals surface area (Å²) in [4.78, 5) is 26.2. The molecule has 0 unspecified atom stereocenters. The molecular weight excluding hydrogens is 511 g/mol. The number of carboxylic acid groups (broad SMARTS) is 1. The standard InChI is InChI=1S/C27H32ClFN6O3/c1-2-10-33-11-13-34(14-12-33)15-16-38-24-7-6-22(18-23(24)29)31-26-30-9-8-25(32-26)35(27(36)37)19-20-4-3-5-21(28)17-20/h3-9,17-18H,2,10-16,19H2,1H3,(H,36,37)(H,30,31,32). The predicted molar refractivity (Wildman–Crippen MR) is 146 cm³/mol. The van der Waals surface area contributed by atoms with Crippen molar-refractivity contribution in [3.05, 3.63) is 71.1 Å². The van der Waals surface area contributed by atoms with Crippen LogP contribution in [0, 0.1) is 5.82 Å². The first kappa shape index (κ1) is 27.6. The van der Waals surface area contributed by atoms with Crippen molar-refractivity contribution in [2.75, 3.05) is 56.1 Å². The normalized spacial score (nSPS) is 14.3. The fourth-order valence-corrected chi connectivity index (χ4v) is 4.50. The minimum Gasteiger partial charge on any atom is -0.489 e. The molecule has 0 spiro atoms. The van der Waals surface area contributed by atoms with Gasteiger partial charge in [0.15, 0.2) is 11.6 Å². The van der Waals surface area contributed by atoms with Crippen molar-refractivity contribution in [3.63, 3.8) is 0 Å². The van der Waals surface area contributed by atoms with Crippen LogP contribution in [0.15, 0.2) is 54.7 Å². The van der Waals surface area contributed by atoms with E-state index in [1.165, 1.54) is 18.3 Å². The van der Waals surface area contributed by atoms with Crippen molar-refractivity contribution in [2.24, 2.45) is 0 Å². The van der Waals surface area contributed by atoms with E-state index in [-0.39, 0.29) is 24.1 Å². The number of nitrogens with one attached hydrogen (secondary N) is 1. The number of carbonyl (C=O) groups is 1. The van der Waals surface area contributed by atoms with Crippen molar-refractivity contribution >= 4 is 35.1 Å². The van der Waals surface area contributed by atoms with Crippen LogP contribution in [-0.2, 0) is 6.54 Å². The molecule has 202 valence electrons. The number of anilines is 3. The van der Waals surface area contributed by atoms with Gasteiger partial charge >= 0.3 is 6.09 Å². The monoisotopic (exact) mass is 542 g/mol. The van der Waals surface area contributed by atoms with Gasteiger partial charge in [0, 0.05) is 55.7 Å². The van der Waals surface area contributed by atoms with Crippen LogP contribution in [-0.4, -0.2) is 76.8 Å². The highest BCUT2D eigenvalue weighted by Gasteiger charge is 2.18. The first-order chi connectivity index (χ1) is 18.4. The summed E-state index contributed by atoms with van der Waals surface area (Å²) in [6.07, 6.45) is 1.43. The van der Waals surface area contributed by atoms with Gasteiger partial charge in [0.25, 0.3) is 0 Å². The van der Waals surface area contributed by atoms with E-state index in [4.69, 9.17) is 16.3 Å². The number of rotatable bonds is 11. The highest BCUT2D eigenvalue weighted by atomic mass is 35.5. The molecule has 3 aromatic rings. The summed E-state index contributed by atoms with van der Waals surface area (Å²) in [5.41, 5.74) is 1.13. The largest absolute Gasteiger partial charge is 0.489 e. The van der Waals surface area contributed by atoms with Crippen molar-refractivity contribution in [2.45, 2.75) is 19.9 Å². The van der Waals surface area contributed by atoms with Gasteiger partial charge in [0.05, 0.1) is 6.54 Å². The molecule has 4 rings (SSSR count). The van der Waals surface area contributed by atoms with E-state index in [1.54, 1.807) is 36.4 Å². The number of amides is 1. The topological polar surface area (TPSA) is 94.1 Å². The fourth-order valence-electron chi connectivity index (χ4n) is 4.29. The lowest BCUT2D eigenvalue weighted by Crippen LogP contribution is -2.47. The summed E-state index contributed by atoms with van der Waals surface area (Å²) in [7, 11) is 0. The van der Waals surface area contributed by atoms with Gasteiger partial charge in [-0.2, -0.15) is 4.98 Å². The number of ether oxygens (including phenoxy) is 1. The zero-order valence-corrected chi connectivity index (χ0v) is 22.1. The molecule has 2 N–H and O–H groups in total. The van der Waals surface area contributed by atoms with E-state index in [0.29, 0.717) is 22.9 Å². The first-order valence-corrected chi connectivity index (χ1v) is 13.0. The Morgan fingerprint density at radius 1 is 1.13 bits per heavy atom. The number of benzene rings is 2. The minimum absolute atomic E-state index is 0.0570. The third-order valence-corrected chi connectivity index (χ3v) is 6.47. The summed E-state index contributed by atoms with van der Waals surface area (Å²) >= 11 is 6.03. The van der Waals surface area contributed by atoms with Gasteiger partial charge in [-0.25, -0.2) is 14.2 Å². The van der Waals surface area contributed by atoms with E-state index in [2.05, 4.69) is 32.0 Å². The van der Waals surface area contributed by atoms with Gasteiger partial charge in [-0.1, -0.05) is 30.7 Å². The molecule has 0 atom stereocenters. The molecule has 11 heteroatoms. The second kappa shape index (κ2) is 13.4. The Bertz CT molecular complexity index is 1220. The molecule has 1 aromatic heterocycles. The third kappa shape index (κ3) is 7.77. The molecule has 2 aromatic carbocycles. The SMILES string of the molecule is CCCN1CCN(CCOc2ccc(Nc3nccc(N(Cc4cccc(Cl)c4)C(=O)O)n3)cc2F)CC1. The second-order valence-corrected chi connectivity index (χ2v) is 9.48. The molecule has 1 fully saturated rings. The van der Waals surface area contributed by atoms with Crippen LogP contribution in [0.5, 0.6) is 5.75 Å². The molecule has 9 nitrogen and oxygen atoms in total. The van der Waals surface area contributed by atoms with Crippen LogP contribution >= 0.6 is 11.6 Å². The van der Waals surface area contributed by atoms with E-state index in [1.807, 2.05) is 0 Å². The number of aromatic nitrogens is 2. The maximum absolute atomic E-state index is 14.7. The van der Waals surface area contributed by atoms with Crippen LogP contribution in [0.3, 0.4) is 0 Å². The molecule has 0 aliphatic carbocycles. The lowest BCUT2D eigenvalue weighted by Gasteiger charge is -2.34. The number of piperazine rings is 1. The van der Waals surface area contributed by atoms with Crippen LogP contribution < -0.4 is 15.0 Å². The molecule has 1 aliphatic rings. The van der Waals surface area contributed by atoms with Crippen LogP contribution in [0.25, 0.3) is 0 Å². The van der Waals surface area contributed by atoms with Crippen molar-refractivity contribution in [1.29, 1.82) is 0 Å². The molecule has 1 amide bonds. The zero-order valence-electron chi connectivity index (χ0n) is 21.3. The maximum atomic E-state index is 14.7. The maximum Gasteiger partial charge on any atom is 0.413 e. The molecule has 0 saturated carbocycles. The van der Waals surface area contributed by atoms with Gasteiger partial charge < -0.3 is 20.1 Å². The predicted octanol–water partition coefficient (Wildman–Crippen LogP) is 5.10. The van der Waals surface area contributed by atoms with Crippen LogP contribution in [0.2, 0.25) is 5.02 Å². The van der Waals surface area contributed by atoms with Crippen molar-refractivity contribution < 1.29 is 19.0 Å². The van der Waals surface area contributed by atoms with Crippen LogP contribution in [0.1, 0.15) is 18.9 Å². The number of hydrogen-bond acceptors (Lipinski definition) is 7. The molecule has 0 radical (unpaired) electrons. The molecule has 1 aliphatic heterocycles. The quantitative estimate of drug-likeness (QED) is 0.345.